The Morgan fingerprint density at radius 3 is 1.77 bits per heavy atom. The lowest BCUT2D eigenvalue weighted by Crippen LogP contribution is -2.57. The van der Waals surface area contributed by atoms with Crippen LogP contribution in [0, 0.1) is 5.92 Å². The molecule has 1 heterocycles. The Balaban J connectivity index is 1.62. The fourth-order valence-corrected chi connectivity index (χ4v) is 4.55. The number of rotatable bonds is 4. The first kappa shape index (κ1) is 19.3. The van der Waals surface area contributed by atoms with Gasteiger partial charge in [0.2, 0.25) is 12.0 Å². The van der Waals surface area contributed by atoms with E-state index in [0.29, 0.717) is 5.92 Å². The molecule has 4 heteroatoms. The van der Waals surface area contributed by atoms with Gasteiger partial charge in [0.15, 0.2) is 0 Å². The van der Waals surface area contributed by atoms with Crippen LogP contribution < -0.4 is 5.06 Å². The number of benzene rings is 3. The lowest BCUT2D eigenvalue weighted by molar-refractivity contribution is -0.484. The van der Waals surface area contributed by atoms with E-state index in [1.54, 1.807) is 0 Å². The summed E-state index contributed by atoms with van der Waals surface area (Å²) in [6, 6.07) is 30.4. The smallest absolute Gasteiger partial charge is 0.235 e. The van der Waals surface area contributed by atoms with Crippen LogP contribution in [-0.4, -0.2) is 6.29 Å². The van der Waals surface area contributed by atoms with Gasteiger partial charge in [-0.05, 0) is 25.0 Å². The fraction of sp³-hybridized carbons (Fsp3) is 0.308. The van der Waals surface area contributed by atoms with Crippen LogP contribution >= 0.6 is 0 Å². The minimum absolute atomic E-state index is 0.328. The molecule has 5 rings (SSSR count). The largest absolute Gasteiger partial charge is 0.249 e. The van der Waals surface area contributed by atoms with Gasteiger partial charge in [0, 0.05) is 17.0 Å². The zero-order valence-electron chi connectivity index (χ0n) is 17.0. The summed E-state index contributed by atoms with van der Waals surface area (Å²) in [6.45, 7) is 0. The molecule has 0 aromatic heterocycles. The molecule has 2 aliphatic rings. The van der Waals surface area contributed by atoms with Gasteiger partial charge in [-0.25, -0.2) is 9.90 Å². The summed E-state index contributed by atoms with van der Waals surface area (Å²) in [6.07, 6.45) is 5.47. The van der Waals surface area contributed by atoms with Crippen LogP contribution in [0.3, 0.4) is 0 Å². The molecule has 0 spiro atoms. The monoisotopic (exact) mass is 401 g/mol. The summed E-state index contributed by atoms with van der Waals surface area (Å²) >= 11 is 0. The van der Waals surface area contributed by atoms with Crippen molar-refractivity contribution in [3.63, 3.8) is 0 Å². The van der Waals surface area contributed by atoms with E-state index in [2.05, 4.69) is 24.3 Å². The highest BCUT2D eigenvalue weighted by atomic mass is 17.3. The van der Waals surface area contributed by atoms with Crippen molar-refractivity contribution in [2.45, 2.75) is 44.1 Å². The summed E-state index contributed by atoms with van der Waals surface area (Å²) in [4.78, 5) is 19.0. The molecule has 1 atom stereocenters. The number of hydroxylamine groups is 1. The van der Waals surface area contributed by atoms with Crippen molar-refractivity contribution in [3.05, 3.63) is 102 Å². The molecule has 1 aliphatic heterocycles. The van der Waals surface area contributed by atoms with E-state index < -0.39 is 12.0 Å². The predicted octanol–water partition coefficient (Wildman–Crippen LogP) is 6.19. The Hall–Kier alpha value is -2.66. The first-order chi connectivity index (χ1) is 14.9. The Bertz CT molecular complexity index is 887. The molecule has 30 heavy (non-hydrogen) atoms. The summed E-state index contributed by atoms with van der Waals surface area (Å²) in [7, 11) is 0. The van der Waals surface area contributed by atoms with Crippen LogP contribution in [0.5, 0.6) is 0 Å². The summed E-state index contributed by atoms with van der Waals surface area (Å²) in [5, 5.41) is 1.90. The molecule has 3 aromatic carbocycles. The number of nitrogens with zero attached hydrogens (tertiary/aromatic N) is 1. The third-order valence-corrected chi connectivity index (χ3v) is 6.11. The van der Waals surface area contributed by atoms with Gasteiger partial charge in [-0.2, -0.15) is 9.78 Å². The van der Waals surface area contributed by atoms with Crippen LogP contribution in [-0.2, 0) is 20.3 Å². The normalized spacial score (nSPS) is 22.0. The fourth-order valence-electron chi connectivity index (χ4n) is 4.55. The van der Waals surface area contributed by atoms with Crippen molar-refractivity contribution in [3.8, 4) is 0 Å². The van der Waals surface area contributed by atoms with E-state index in [4.69, 9.17) is 14.6 Å². The predicted molar refractivity (Wildman–Crippen MR) is 116 cm³/mol. The van der Waals surface area contributed by atoms with Gasteiger partial charge in [0.25, 0.3) is 0 Å². The van der Waals surface area contributed by atoms with Gasteiger partial charge in [0.1, 0.15) is 0 Å². The molecule has 0 bridgehead atoms. The molecule has 0 radical (unpaired) electrons. The maximum absolute atomic E-state index is 6.62. The van der Waals surface area contributed by atoms with Crippen LogP contribution in [0.2, 0.25) is 0 Å². The first-order valence-electron chi connectivity index (χ1n) is 10.9. The highest BCUT2D eigenvalue weighted by molar-refractivity contribution is 5.52. The van der Waals surface area contributed by atoms with Gasteiger partial charge in [0.05, 0.1) is 5.69 Å². The van der Waals surface area contributed by atoms with Crippen LogP contribution in [0.1, 0.15) is 43.2 Å². The van der Waals surface area contributed by atoms with Crippen molar-refractivity contribution >= 4 is 5.69 Å². The lowest BCUT2D eigenvalue weighted by Gasteiger charge is -2.49. The molecule has 1 saturated heterocycles. The zero-order valence-corrected chi connectivity index (χ0v) is 17.0. The van der Waals surface area contributed by atoms with Crippen molar-refractivity contribution in [2.24, 2.45) is 5.92 Å². The molecule has 1 unspecified atom stereocenters. The average molecular weight is 402 g/mol. The highest BCUT2D eigenvalue weighted by Gasteiger charge is 2.51. The molecule has 154 valence electrons. The third kappa shape index (κ3) is 3.52. The maximum Gasteiger partial charge on any atom is 0.249 e. The summed E-state index contributed by atoms with van der Waals surface area (Å²) in [5.41, 5.74) is 1.77. The van der Waals surface area contributed by atoms with Crippen LogP contribution in [0.15, 0.2) is 91.0 Å². The molecule has 1 saturated carbocycles. The Morgan fingerprint density at radius 1 is 0.667 bits per heavy atom. The number of anilines is 1. The van der Waals surface area contributed by atoms with Gasteiger partial charge in [-0.1, -0.05) is 98.1 Å². The molecule has 2 fully saturated rings. The second kappa shape index (κ2) is 8.60. The summed E-state index contributed by atoms with van der Waals surface area (Å²) in [5.74, 6) is 0.328. The van der Waals surface area contributed by atoms with E-state index in [1.165, 1.54) is 19.3 Å². The van der Waals surface area contributed by atoms with E-state index in [9.17, 15) is 0 Å². The van der Waals surface area contributed by atoms with Gasteiger partial charge < -0.3 is 0 Å². The molecular weight excluding hydrogens is 374 g/mol. The standard InChI is InChI=1S/C26H27NO3/c1-5-13-21(14-6-1)25-28-27(24-19-11-4-12-20-24)26(30-29-25,22-15-7-2-8-16-22)23-17-9-3-10-18-23/h2-4,7-12,15-21,25H,1,5-6,13-14H2. The summed E-state index contributed by atoms with van der Waals surface area (Å²) < 4.78 is 0. The lowest BCUT2D eigenvalue weighted by atomic mass is 9.88. The number of hydrogen-bond acceptors (Lipinski definition) is 4. The zero-order chi connectivity index (χ0) is 20.2. The van der Waals surface area contributed by atoms with Crippen LogP contribution in [0.25, 0.3) is 0 Å². The van der Waals surface area contributed by atoms with E-state index in [1.807, 2.05) is 71.8 Å². The molecular formula is C26H27NO3. The molecule has 1 aliphatic carbocycles. The topological polar surface area (TPSA) is 30.9 Å². The van der Waals surface area contributed by atoms with E-state index in [0.717, 1.165) is 29.7 Å². The number of hydrogen-bond donors (Lipinski definition) is 0. The third-order valence-electron chi connectivity index (χ3n) is 6.11. The first-order valence-corrected chi connectivity index (χ1v) is 10.9. The second-order valence-electron chi connectivity index (χ2n) is 8.06. The number of para-hydroxylation sites is 1. The Labute approximate surface area is 177 Å². The Kier molecular flexibility index (Phi) is 5.54. The van der Waals surface area contributed by atoms with E-state index in [-0.39, 0.29) is 0 Å². The minimum Gasteiger partial charge on any atom is -0.235 e. The van der Waals surface area contributed by atoms with Crippen molar-refractivity contribution in [1.29, 1.82) is 0 Å². The quantitative estimate of drug-likeness (QED) is 0.488. The Morgan fingerprint density at radius 2 is 1.20 bits per heavy atom. The second-order valence-corrected chi connectivity index (χ2v) is 8.06. The molecule has 4 nitrogen and oxygen atoms in total. The molecule has 3 aromatic rings. The van der Waals surface area contributed by atoms with E-state index >= 15 is 0 Å². The molecule has 0 N–H and O–H groups in total. The van der Waals surface area contributed by atoms with Crippen molar-refractivity contribution in [1.82, 2.24) is 0 Å². The van der Waals surface area contributed by atoms with Crippen molar-refractivity contribution < 1.29 is 14.6 Å². The average Bonchev–Trinajstić information content (AvgIpc) is 2.86. The highest BCUT2D eigenvalue weighted by Crippen LogP contribution is 2.46. The van der Waals surface area contributed by atoms with Crippen LogP contribution in [0.4, 0.5) is 5.69 Å². The molecule has 0 amide bonds. The maximum atomic E-state index is 6.62. The van der Waals surface area contributed by atoms with Crippen molar-refractivity contribution in [2.75, 3.05) is 5.06 Å². The van der Waals surface area contributed by atoms with Gasteiger partial charge in [-0.15, -0.1) is 0 Å². The SMILES string of the molecule is c1ccc(N2OC(C3CCCCC3)OOC2(c2ccccc2)c2ccccc2)cc1. The minimum atomic E-state index is -1.05. The van der Waals surface area contributed by atoms with Gasteiger partial charge in [-0.3, -0.25) is 0 Å². The van der Waals surface area contributed by atoms with Gasteiger partial charge >= 0.3 is 0 Å².